The third-order valence-electron chi connectivity index (χ3n) is 3.68. The van der Waals surface area contributed by atoms with Gasteiger partial charge in [-0.1, -0.05) is 48.0 Å². The summed E-state index contributed by atoms with van der Waals surface area (Å²) in [4.78, 5) is 0.258. The maximum atomic E-state index is 12.5. The van der Waals surface area contributed by atoms with Crippen molar-refractivity contribution in [3.05, 3.63) is 71.8 Å². The van der Waals surface area contributed by atoms with Crippen LogP contribution < -0.4 is 4.72 Å². The number of aliphatic hydroxyl groups is 1. The molecule has 0 atom stereocenters. The first-order valence-electron chi connectivity index (χ1n) is 7.96. The largest absolute Gasteiger partial charge is 0.392 e. The molecule has 0 radical (unpaired) electrons. The topological polar surface area (TPSA) is 66.4 Å². The SMILES string of the molecule is Cc1ccc(S(=O)(=O)Nc2ccccc2CCC/C=C/CO)cc1. The lowest BCUT2D eigenvalue weighted by Gasteiger charge is -2.12. The number of para-hydroxylation sites is 1. The van der Waals surface area contributed by atoms with Gasteiger partial charge in [-0.3, -0.25) is 4.72 Å². The summed E-state index contributed by atoms with van der Waals surface area (Å²) in [6.45, 7) is 1.97. The van der Waals surface area contributed by atoms with Gasteiger partial charge in [0.1, 0.15) is 0 Å². The highest BCUT2D eigenvalue weighted by Gasteiger charge is 2.15. The minimum atomic E-state index is -3.59. The van der Waals surface area contributed by atoms with Crippen LogP contribution in [0.4, 0.5) is 5.69 Å². The van der Waals surface area contributed by atoms with E-state index < -0.39 is 10.0 Å². The molecule has 2 N–H and O–H groups in total. The maximum Gasteiger partial charge on any atom is 0.261 e. The first kappa shape index (κ1) is 18.2. The number of benzene rings is 2. The summed E-state index contributed by atoms with van der Waals surface area (Å²) in [6, 6.07) is 14.2. The molecule has 0 spiro atoms. The summed E-state index contributed by atoms with van der Waals surface area (Å²) >= 11 is 0. The van der Waals surface area contributed by atoms with Crippen LogP contribution in [-0.4, -0.2) is 20.1 Å². The van der Waals surface area contributed by atoms with Crippen molar-refractivity contribution in [2.45, 2.75) is 31.1 Å². The van der Waals surface area contributed by atoms with Gasteiger partial charge in [0.2, 0.25) is 0 Å². The molecular weight excluding hydrogens is 322 g/mol. The fourth-order valence-corrected chi connectivity index (χ4v) is 3.46. The number of allylic oxidation sites excluding steroid dienone is 1. The maximum absolute atomic E-state index is 12.5. The van der Waals surface area contributed by atoms with Crippen LogP contribution in [-0.2, 0) is 16.4 Å². The van der Waals surface area contributed by atoms with Gasteiger partial charge in [0.25, 0.3) is 10.0 Å². The number of anilines is 1. The Balaban J connectivity index is 2.11. The summed E-state index contributed by atoms with van der Waals surface area (Å²) in [5, 5.41) is 8.72. The molecule has 128 valence electrons. The summed E-state index contributed by atoms with van der Waals surface area (Å²) in [5.41, 5.74) is 2.60. The molecule has 2 rings (SSSR count). The zero-order chi connectivity index (χ0) is 17.4. The molecule has 0 aromatic heterocycles. The normalized spacial score (nSPS) is 11.8. The molecule has 2 aromatic carbocycles. The third-order valence-corrected chi connectivity index (χ3v) is 5.06. The molecule has 24 heavy (non-hydrogen) atoms. The molecule has 0 unspecified atom stereocenters. The van der Waals surface area contributed by atoms with Crippen molar-refractivity contribution < 1.29 is 13.5 Å². The number of rotatable bonds is 8. The Kier molecular flexibility index (Phi) is 6.58. The highest BCUT2D eigenvalue weighted by atomic mass is 32.2. The molecule has 0 aliphatic heterocycles. The lowest BCUT2D eigenvalue weighted by molar-refractivity contribution is 0.342. The smallest absolute Gasteiger partial charge is 0.261 e. The van der Waals surface area contributed by atoms with Crippen molar-refractivity contribution in [3.8, 4) is 0 Å². The van der Waals surface area contributed by atoms with Crippen molar-refractivity contribution in [3.63, 3.8) is 0 Å². The number of hydrogen-bond acceptors (Lipinski definition) is 3. The number of aliphatic hydroxyl groups excluding tert-OH is 1. The van der Waals surface area contributed by atoms with Gasteiger partial charge in [-0.25, -0.2) is 8.42 Å². The number of hydrogen-bond donors (Lipinski definition) is 2. The Morgan fingerprint density at radius 2 is 1.75 bits per heavy atom. The molecule has 2 aromatic rings. The molecule has 0 fully saturated rings. The summed E-state index contributed by atoms with van der Waals surface area (Å²) < 4.78 is 27.7. The monoisotopic (exact) mass is 345 g/mol. The van der Waals surface area contributed by atoms with E-state index in [1.165, 1.54) is 0 Å². The minimum Gasteiger partial charge on any atom is -0.392 e. The zero-order valence-corrected chi connectivity index (χ0v) is 14.6. The summed E-state index contributed by atoms with van der Waals surface area (Å²) in [6.07, 6.45) is 6.15. The molecular formula is C19H23NO3S. The fraction of sp³-hybridized carbons (Fsp3) is 0.263. The average Bonchev–Trinajstić information content (AvgIpc) is 2.56. The van der Waals surface area contributed by atoms with Gasteiger partial charge in [-0.2, -0.15) is 0 Å². The number of sulfonamides is 1. The molecule has 0 aliphatic carbocycles. The molecule has 5 heteroatoms. The van der Waals surface area contributed by atoms with Gasteiger partial charge in [0, 0.05) is 0 Å². The van der Waals surface area contributed by atoms with Gasteiger partial charge >= 0.3 is 0 Å². The van der Waals surface area contributed by atoms with E-state index in [-0.39, 0.29) is 11.5 Å². The van der Waals surface area contributed by atoms with Gasteiger partial charge in [0.15, 0.2) is 0 Å². The van der Waals surface area contributed by atoms with Crippen molar-refractivity contribution in [2.24, 2.45) is 0 Å². The number of nitrogens with one attached hydrogen (secondary N) is 1. The van der Waals surface area contributed by atoms with Gasteiger partial charge < -0.3 is 5.11 Å². The quantitative estimate of drug-likeness (QED) is 0.567. The van der Waals surface area contributed by atoms with E-state index in [4.69, 9.17) is 5.11 Å². The zero-order valence-electron chi connectivity index (χ0n) is 13.8. The van der Waals surface area contributed by atoms with Crippen molar-refractivity contribution in [1.82, 2.24) is 0 Å². The highest BCUT2D eigenvalue weighted by molar-refractivity contribution is 7.92. The van der Waals surface area contributed by atoms with Crippen LogP contribution in [0, 0.1) is 6.92 Å². The van der Waals surface area contributed by atoms with E-state index in [9.17, 15) is 8.42 Å². The van der Waals surface area contributed by atoms with E-state index in [0.29, 0.717) is 5.69 Å². The number of aryl methyl sites for hydroxylation is 2. The van der Waals surface area contributed by atoms with E-state index in [1.807, 2.05) is 31.2 Å². The summed E-state index contributed by atoms with van der Waals surface area (Å²) in [5.74, 6) is 0. The Bertz CT molecular complexity index is 781. The second-order valence-corrected chi connectivity index (χ2v) is 7.30. The van der Waals surface area contributed by atoms with E-state index in [0.717, 1.165) is 30.4 Å². The second-order valence-electron chi connectivity index (χ2n) is 5.62. The van der Waals surface area contributed by atoms with Crippen LogP contribution >= 0.6 is 0 Å². The van der Waals surface area contributed by atoms with E-state index >= 15 is 0 Å². The molecule has 0 aliphatic rings. The third kappa shape index (κ3) is 5.22. The fourth-order valence-electron chi connectivity index (χ4n) is 2.36. The lowest BCUT2D eigenvalue weighted by Crippen LogP contribution is -2.14. The molecule has 0 amide bonds. The van der Waals surface area contributed by atoms with Crippen molar-refractivity contribution >= 4 is 15.7 Å². The van der Waals surface area contributed by atoms with Crippen LogP contribution in [0.5, 0.6) is 0 Å². The molecule has 0 saturated carbocycles. The van der Waals surface area contributed by atoms with Crippen molar-refractivity contribution in [2.75, 3.05) is 11.3 Å². The first-order chi connectivity index (χ1) is 11.5. The second kappa shape index (κ2) is 8.66. The first-order valence-corrected chi connectivity index (χ1v) is 9.44. The minimum absolute atomic E-state index is 0.0485. The Morgan fingerprint density at radius 3 is 2.46 bits per heavy atom. The Labute approximate surface area is 143 Å². The average molecular weight is 345 g/mol. The molecule has 0 heterocycles. The van der Waals surface area contributed by atoms with Gasteiger partial charge in [0.05, 0.1) is 17.2 Å². The van der Waals surface area contributed by atoms with Crippen LogP contribution in [0.2, 0.25) is 0 Å². The molecule has 0 bridgehead atoms. The van der Waals surface area contributed by atoms with Crippen LogP contribution in [0.1, 0.15) is 24.0 Å². The van der Waals surface area contributed by atoms with Crippen LogP contribution in [0.3, 0.4) is 0 Å². The molecule has 0 saturated heterocycles. The number of unbranched alkanes of at least 4 members (excludes halogenated alkanes) is 1. The predicted octanol–water partition coefficient (Wildman–Crippen LogP) is 3.67. The van der Waals surface area contributed by atoms with Crippen molar-refractivity contribution in [1.29, 1.82) is 0 Å². The predicted molar refractivity (Wildman–Crippen MR) is 97.6 cm³/mol. The highest BCUT2D eigenvalue weighted by Crippen LogP contribution is 2.22. The van der Waals surface area contributed by atoms with Gasteiger partial charge in [-0.05, 0) is 49.9 Å². The Hall–Kier alpha value is -2.11. The van der Waals surface area contributed by atoms with Gasteiger partial charge in [-0.15, -0.1) is 0 Å². The molecule has 4 nitrogen and oxygen atoms in total. The van der Waals surface area contributed by atoms with Crippen LogP contribution in [0.25, 0.3) is 0 Å². The summed E-state index contributed by atoms with van der Waals surface area (Å²) in [7, 11) is -3.59. The standard InChI is InChI=1S/C19H23NO3S/c1-16-11-13-18(14-12-16)24(22,23)20-19-10-6-5-9-17(19)8-4-2-3-7-15-21/h3,5-7,9-14,20-21H,2,4,8,15H2,1H3/b7-3+. The van der Waals surface area contributed by atoms with E-state index in [1.54, 1.807) is 36.4 Å². The Morgan fingerprint density at radius 1 is 1.04 bits per heavy atom. The lowest BCUT2D eigenvalue weighted by atomic mass is 10.1. The van der Waals surface area contributed by atoms with E-state index in [2.05, 4.69) is 4.72 Å². The van der Waals surface area contributed by atoms with Crippen LogP contribution in [0.15, 0.2) is 65.6 Å².